The van der Waals surface area contributed by atoms with Crippen LogP contribution in [0.1, 0.15) is 17.5 Å². The third kappa shape index (κ3) is 5.47. The van der Waals surface area contributed by atoms with Gasteiger partial charge in [-0.15, -0.1) is 0 Å². The Balaban J connectivity index is 1.57. The van der Waals surface area contributed by atoms with Crippen molar-refractivity contribution in [2.45, 2.75) is 19.0 Å². The van der Waals surface area contributed by atoms with Crippen molar-refractivity contribution in [3.63, 3.8) is 0 Å². The number of alkyl halides is 3. The highest BCUT2D eigenvalue weighted by atomic mass is 19.4. The molecule has 0 atom stereocenters. The quantitative estimate of drug-likeness (QED) is 0.737. The predicted molar refractivity (Wildman–Crippen MR) is 93.5 cm³/mol. The van der Waals surface area contributed by atoms with E-state index in [9.17, 15) is 13.2 Å². The van der Waals surface area contributed by atoms with E-state index < -0.39 is 11.7 Å². The van der Waals surface area contributed by atoms with E-state index in [1.54, 1.807) is 6.07 Å². The minimum absolute atomic E-state index is 0.185. The van der Waals surface area contributed by atoms with Crippen LogP contribution in [-0.2, 0) is 17.3 Å². The maximum Gasteiger partial charge on any atom is 0.416 e. The first kappa shape index (κ1) is 18.7. The maximum absolute atomic E-state index is 12.8. The van der Waals surface area contributed by atoms with Gasteiger partial charge in [0.1, 0.15) is 11.5 Å². The summed E-state index contributed by atoms with van der Waals surface area (Å²) < 4.78 is 49.4. The molecule has 26 heavy (non-hydrogen) atoms. The van der Waals surface area contributed by atoms with Crippen molar-refractivity contribution in [3.8, 4) is 11.5 Å². The number of morpholine rings is 1. The van der Waals surface area contributed by atoms with Crippen molar-refractivity contribution in [2.75, 3.05) is 32.8 Å². The molecular formula is C20H22F3NO2. The number of rotatable bonds is 6. The Kier molecular flexibility index (Phi) is 6.16. The van der Waals surface area contributed by atoms with E-state index in [4.69, 9.17) is 9.47 Å². The minimum atomic E-state index is -4.37. The lowest BCUT2D eigenvalue weighted by atomic mass is 10.1. The first-order valence-electron chi connectivity index (χ1n) is 8.75. The first-order valence-corrected chi connectivity index (χ1v) is 8.75. The lowest BCUT2D eigenvalue weighted by Gasteiger charge is -2.26. The summed E-state index contributed by atoms with van der Waals surface area (Å²) in [5.41, 5.74) is 0.402. The van der Waals surface area contributed by atoms with Gasteiger partial charge in [0.2, 0.25) is 0 Å². The second-order valence-corrected chi connectivity index (χ2v) is 6.33. The monoisotopic (exact) mass is 365 g/mol. The summed E-state index contributed by atoms with van der Waals surface area (Å²) in [4.78, 5) is 2.38. The summed E-state index contributed by atoms with van der Waals surface area (Å²) in [6, 6.07) is 12.5. The van der Waals surface area contributed by atoms with E-state index >= 15 is 0 Å². The number of hydrogen-bond donors (Lipinski definition) is 0. The molecule has 1 aliphatic rings. The van der Waals surface area contributed by atoms with Gasteiger partial charge in [0.25, 0.3) is 0 Å². The third-order valence-electron chi connectivity index (χ3n) is 4.34. The Bertz CT molecular complexity index is 712. The number of benzene rings is 2. The molecule has 0 amide bonds. The van der Waals surface area contributed by atoms with Crippen molar-refractivity contribution in [2.24, 2.45) is 0 Å². The summed E-state index contributed by atoms with van der Waals surface area (Å²) in [6.07, 6.45) is -2.45. The zero-order valence-electron chi connectivity index (χ0n) is 14.5. The maximum atomic E-state index is 12.8. The highest BCUT2D eigenvalue weighted by Crippen LogP contribution is 2.32. The molecule has 140 valence electrons. The summed E-state index contributed by atoms with van der Waals surface area (Å²) in [7, 11) is 0. The third-order valence-corrected chi connectivity index (χ3v) is 4.34. The van der Waals surface area contributed by atoms with Gasteiger partial charge in [-0.3, -0.25) is 4.90 Å². The first-order chi connectivity index (χ1) is 12.5. The molecule has 0 saturated carbocycles. The van der Waals surface area contributed by atoms with Crippen LogP contribution in [0.25, 0.3) is 0 Å². The van der Waals surface area contributed by atoms with Gasteiger partial charge in [-0.05, 0) is 55.3 Å². The van der Waals surface area contributed by atoms with E-state index in [1.807, 2.05) is 18.2 Å². The van der Waals surface area contributed by atoms with E-state index in [0.717, 1.165) is 63.4 Å². The molecule has 3 rings (SSSR count). The van der Waals surface area contributed by atoms with Crippen LogP contribution in [0.4, 0.5) is 13.2 Å². The zero-order valence-corrected chi connectivity index (χ0v) is 14.5. The predicted octanol–water partition coefficient (Wildman–Crippen LogP) is 4.76. The Morgan fingerprint density at radius 1 is 0.962 bits per heavy atom. The van der Waals surface area contributed by atoms with Crippen LogP contribution in [0.2, 0.25) is 0 Å². The van der Waals surface area contributed by atoms with E-state index in [0.29, 0.717) is 5.75 Å². The fraction of sp³-hybridized carbons (Fsp3) is 0.400. The molecule has 6 heteroatoms. The van der Waals surface area contributed by atoms with Gasteiger partial charge in [0.15, 0.2) is 0 Å². The zero-order chi connectivity index (χ0) is 18.4. The van der Waals surface area contributed by atoms with Crippen LogP contribution in [0, 0.1) is 0 Å². The van der Waals surface area contributed by atoms with Crippen LogP contribution in [-0.4, -0.2) is 37.7 Å². The SMILES string of the molecule is FC(F)(F)c1cccc(Oc2cccc(CCCN3CCOCC3)c2)c1. The lowest BCUT2D eigenvalue weighted by Crippen LogP contribution is -2.36. The van der Waals surface area contributed by atoms with E-state index in [2.05, 4.69) is 4.90 Å². The molecule has 2 aromatic carbocycles. The normalized spacial score (nSPS) is 15.8. The summed E-state index contributed by atoms with van der Waals surface area (Å²) in [5, 5.41) is 0. The number of hydrogen-bond acceptors (Lipinski definition) is 3. The number of aryl methyl sites for hydroxylation is 1. The summed E-state index contributed by atoms with van der Waals surface area (Å²) in [5.74, 6) is 0.735. The molecule has 0 bridgehead atoms. The van der Waals surface area contributed by atoms with Gasteiger partial charge in [0.05, 0.1) is 18.8 Å². The average molecular weight is 365 g/mol. The van der Waals surface area contributed by atoms with Gasteiger partial charge in [-0.1, -0.05) is 18.2 Å². The molecule has 1 fully saturated rings. The van der Waals surface area contributed by atoms with Gasteiger partial charge < -0.3 is 9.47 Å². The highest BCUT2D eigenvalue weighted by molar-refractivity contribution is 5.36. The van der Waals surface area contributed by atoms with Gasteiger partial charge in [-0.2, -0.15) is 13.2 Å². The molecule has 0 aliphatic carbocycles. The van der Waals surface area contributed by atoms with Crippen molar-refractivity contribution in [1.82, 2.24) is 4.90 Å². The van der Waals surface area contributed by atoms with Gasteiger partial charge in [0, 0.05) is 13.1 Å². The van der Waals surface area contributed by atoms with Crippen molar-refractivity contribution >= 4 is 0 Å². The summed E-state index contributed by atoms with van der Waals surface area (Å²) in [6.45, 7) is 4.54. The molecular weight excluding hydrogens is 343 g/mol. The molecule has 0 spiro atoms. The number of nitrogens with zero attached hydrogens (tertiary/aromatic N) is 1. The molecule has 1 saturated heterocycles. The lowest BCUT2D eigenvalue weighted by molar-refractivity contribution is -0.137. The number of halogens is 3. The second kappa shape index (κ2) is 8.56. The van der Waals surface area contributed by atoms with Crippen molar-refractivity contribution in [3.05, 3.63) is 59.7 Å². The standard InChI is InChI=1S/C20H22F3NO2/c21-20(22,23)17-6-2-8-19(15-17)26-18-7-1-4-16(14-18)5-3-9-24-10-12-25-13-11-24/h1-2,4,6-8,14-15H,3,5,9-13H2. The Labute approximate surface area is 151 Å². The van der Waals surface area contributed by atoms with Crippen LogP contribution >= 0.6 is 0 Å². The Morgan fingerprint density at radius 2 is 1.65 bits per heavy atom. The topological polar surface area (TPSA) is 21.7 Å². The molecule has 1 heterocycles. The largest absolute Gasteiger partial charge is 0.457 e. The van der Waals surface area contributed by atoms with Gasteiger partial charge >= 0.3 is 6.18 Å². The molecule has 0 aromatic heterocycles. The average Bonchev–Trinajstić information content (AvgIpc) is 2.63. The second-order valence-electron chi connectivity index (χ2n) is 6.33. The van der Waals surface area contributed by atoms with Crippen LogP contribution in [0.5, 0.6) is 11.5 Å². The Hall–Kier alpha value is -2.05. The Morgan fingerprint density at radius 3 is 2.38 bits per heavy atom. The molecule has 1 aliphatic heterocycles. The molecule has 3 nitrogen and oxygen atoms in total. The fourth-order valence-corrected chi connectivity index (χ4v) is 2.97. The van der Waals surface area contributed by atoms with E-state index in [-0.39, 0.29) is 5.75 Å². The van der Waals surface area contributed by atoms with Crippen LogP contribution in [0.3, 0.4) is 0 Å². The minimum Gasteiger partial charge on any atom is -0.457 e. The van der Waals surface area contributed by atoms with Crippen molar-refractivity contribution < 1.29 is 22.6 Å². The molecule has 0 unspecified atom stereocenters. The molecule has 0 N–H and O–H groups in total. The highest BCUT2D eigenvalue weighted by Gasteiger charge is 2.30. The van der Waals surface area contributed by atoms with Crippen LogP contribution < -0.4 is 4.74 Å². The summed E-state index contributed by atoms with van der Waals surface area (Å²) >= 11 is 0. The molecule has 2 aromatic rings. The van der Waals surface area contributed by atoms with Crippen LogP contribution in [0.15, 0.2) is 48.5 Å². The number of ether oxygens (including phenoxy) is 2. The van der Waals surface area contributed by atoms with Crippen molar-refractivity contribution in [1.29, 1.82) is 0 Å². The molecule has 0 radical (unpaired) electrons. The van der Waals surface area contributed by atoms with E-state index in [1.165, 1.54) is 12.1 Å². The smallest absolute Gasteiger partial charge is 0.416 e. The van der Waals surface area contributed by atoms with Gasteiger partial charge in [-0.25, -0.2) is 0 Å². The fourth-order valence-electron chi connectivity index (χ4n) is 2.97.